The zero-order chi connectivity index (χ0) is 20.8. The highest BCUT2D eigenvalue weighted by Gasteiger charge is 2.33. The van der Waals surface area contributed by atoms with Gasteiger partial charge in [-0.2, -0.15) is 0 Å². The highest BCUT2D eigenvalue weighted by Crippen LogP contribution is 2.32. The van der Waals surface area contributed by atoms with Crippen LogP contribution in [0.1, 0.15) is 48.9 Å². The molecule has 1 aliphatic heterocycles. The number of methoxy groups -OCH3 is 1. The SMILES string of the molecule is CNC(=O)C1CCCN1C(=O)CNC(=O)c1ccc(OC2CCCC2)c(OC)c1. The summed E-state index contributed by atoms with van der Waals surface area (Å²) in [6.07, 6.45) is 5.99. The van der Waals surface area contributed by atoms with Crippen molar-refractivity contribution in [1.29, 1.82) is 0 Å². The van der Waals surface area contributed by atoms with E-state index in [0.29, 0.717) is 30.0 Å². The minimum atomic E-state index is -0.462. The zero-order valence-electron chi connectivity index (χ0n) is 17.0. The van der Waals surface area contributed by atoms with Crippen LogP contribution in [0.2, 0.25) is 0 Å². The Hall–Kier alpha value is -2.77. The van der Waals surface area contributed by atoms with Gasteiger partial charge in [-0.1, -0.05) is 0 Å². The van der Waals surface area contributed by atoms with E-state index in [1.165, 1.54) is 24.9 Å². The molecule has 1 aliphatic carbocycles. The summed E-state index contributed by atoms with van der Waals surface area (Å²) in [4.78, 5) is 38.4. The lowest BCUT2D eigenvalue weighted by molar-refractivity contribution is -0.137. The molecule has 2 aliphatic rings. The second-order valence-corrected chi connectivity index (χ2v) is 7.43. The first kappa shape index (κ1) is 21.0. The van der Waals surface area contributed by atoms with E-state index in [1.807, 2.05) is 0 Å². The van der Waals surface area contributed by atoms with Crippen LogP contribution in [0.15, 0.2) is 18.2 Å². The summed E-state index contributed by atoms with van der Waals surface area (Å²) >= 11 is 0. The van der Waals surface area contributed by atoms with Gasteiger partial charge in [0.15, 0.2) is 11.5 Å². The number of nitrogens with zero attached hydrogens (tertiary/aromatic N) is 1. The molecular weight excluding hydrogens is 374 g/mol. The number of ether oxygens (including phenoxy) is 2. The molecule has 1 heterocycles. The second kappa shape index (κ2) is 9.62. The van der Waals surface area contributed by atoms with E-state index < -0.39 is 6.04 Å². The predicted octanol–water partition coefficient (Wildman–Crippen LogP) is 1.48. The molecule has 3 rings (SSSR count). The number of likely N-dealkylation sites (tertiary alicyclic amines) is 1. The number of benzene rings is 1. The quantitative estimate of drug-likeness (QED) is 0.719. The van der Waals surface area contributed by atoms with Crippen molar-refractivity contribution in [3.05, 3.63) is 23.8 Å². The van der Waals surface area contributed by atoms with Crippen molar-refractivity contribution in [1.82, 2.24) is 15.5 Å². The number of carbonyl (C=O) groups excluding carboxylic acids is 3. The van der Waals surface area contributed by atoms with E-state index in [9.17, 15) is 14.4 Å². The van der Waals surface area contributed by atoms with Gasteiger partial charge in [-0.3, -0.25) is 14.4 Å². The number of hydrogen-bond donors (Lipinski definition) is 2. The molecule has 0 radical (unpaired) electrons. The van der Waals surface area contributed by atoms with E-state index in [1.54, 1.807) is 25.2 Å². The first-order valence-corrected chi connectivity index (χ1v) is 10.2. The van der Waals surface area contributed by atoms with Crippen LogP contribution in [0, 0.1) is 0 Å². The molecule has 1 atom stereocenters. The third-order valence-electron chi connectivity index (χ3n) is 5.54. The molecule has 0 spiro atoms. The van der Waals surface area contributed by atoms with Crippen LogP contribution in [0.4, 0.5) is 0 Å². The fourth-order valence-corrected chi connectivity index (χ4v) is 3.96. The van der Waals surface area contributed by atoms with Crippen LogP contribution in [0.3, 0.4) is 0 Å². The molecule has 1 saturated heterocycles. The van der Waals surface area contributed by atoms with Gasteiger partial charge in [-0.25, -0.2) is 0 Å². The average Bonchev–Trinajstić information content (AvgIpc) is 3.43. The third-order valence-corrected chi connectivity index (χ3v) is 5.54. The Kier molecular flexibility index (Phi) is 6.95. The van der Waals surface area contributed by atoms with Gasteiger partial charge >= 0.3 is 0 Å². The molecule has 2 N–H and O–H groups in total. The number of rotatable bonds is 7. The molecule has 3 amide bonds. The van der Waals surface area contributed by atoms with E-state index in [2.05, 4.69) is 10.6 Å². The Morgan fingerprint density at radius 1 is 1.10 bits per heavy atom. The molecule has 1 aromatic rings. The number of likely N-dealkylation sites (N-methyl/N-ethyl adjacent to an activating group) is 1. The van der Waals surface area contributed by atoms with Crippen LogP contribution < -0.4 is 20.1 Å². The predicted molar refractivity (Wildman–Crippen MR) is 107 cm³/mol. The van der Waals surface area contributed by atoms with E-state index in [0.717, 1.165) is 19.3 Å². The van der Waals surface area contributed by atoms with Crippen LogP contribution in [0.5, 0.6) is 11.5 Å². The van der Waals surface area contributed by atoms with Crippen molar-refractivity contribution in [2.75, 3.05) is 27.2 Å². The Morgan fingerprint density at radius 2 is 1.86 bits per heavy atom. The number of amides is 3. The van der Waals surface area contributed by atoms with E-state index in [4.69, 9.17) is 9.47 Å². The highest BCUT2D eigenvalue weighted by atomic mass is 16.5. The summed E-state index contributed by atoms with van der Waals surface area (Å²) in [7, 11) is 3.09. The summed E-state index contributed by atoms with van der Waals surface area (Å²) in [6, 6.07) is 4.55. The molecule has 158 valence electrons. The first-order chi connectivity index (χ1) is 14.0. The van der Waals surface area contributed by atoms with Crippen LogP contribution >= 0.6 is 0 Å². The Balaban J connectivity index is 1.58. The molecule has 29 heavy (non-hydrogen) atoms. The second-order valence-electron chi connectivity index (χ2n) is 7.43. The number of carbonyl (C=O) groups is 3. The molecule has 8 nitrogen and oxygen atoms in total. The molecule has 0 aromatic heterocycles. The largest absolute Gasteiger partial charge is 0.493 e. The molecule has 1 aromatic carbocycles. The fraction of sp³-hybridized carbons (Fsp3) is 0.571. The van der Waals surface area contributed by atoms with Crippen molar-refractivity contribution in [3.8, 4) is 11.5 Å². The normalized spacial score (nSPS) is 19.1. The number of nitrogens with one attached hydrogen (secondary N) is 2. The zero-order valence-corrected chi connectivity index (χ0v) is 17.0. The van der Waals surface area contributed by atoms with E-state index >= 15 is 0 Å². The smallest absolute Gasteiger partial charge is 0.251 e. The average molecular weight is 403 g/mol. The Labute approximate surface area is 170 Å². The standard InChI is InChI=1S/C21H29N3O5/c1-22-21(27)16-8-5-11-24(16)19(25)13-23-20(26)14-9-10-17(18(12-14)28-2)29-15-6-3-4-7-15/h9-10,12,15-16H,3-8,11,13H2,1-2H3,(H,22,27)(H,23,26). The molecule has 2 fully saturated rings. The van der Waals surface area contributed by atoms with Gasteiger partial charge in [0.2, 0.25) is 11.8 Å². The molecule has 1 unspecified atom stereocenters. The first-order valence-electron chi connectivity index (χ1n) is 10.2. The summed E-state index contributed by atoms with van der Waals surface area (Å²) < 4.78 is 11.4. The molecule has 0 bridgehead atoms. The summed E-state index contributed by atoms with van der Waals surface area (Å²) in [5.74, 6) is 0.301. The number of hydrogen-bond acceptors (Lipinski definition) is 5. The fourth-order valence-electron chi connectivity index (χ4n) is 3.96. The Bertz CT molecular complexity index is 761. The minimum Gasteiger partial charge on any atom is -0.493 e. The summed E-state index contributed by atoms with van der Waals surface area (Å²) in [6.45, 7) is 0.364. The topological polar surface area (TPSA) is 97.0 Å². The molecule has 1 saturated carbocycles. The van der Waals surface area contributed by atoms with Crippen LogP contribution in [0.25, 0.3) is 0 Å². The van der Waals surface area contributed by atoms with E-state index in [-0.39, 0.29) is 30.4 Å². The summed E-state index contributed by atoms with van der Waals surface area (Å²) in [5, 5.41) is 5.22. The lowest BCUT2D eigenvalue weighted by Crippen LogP contribution is -2.48. The maximum atomic E-state index is 12.5. The van der Waals surface area contributed by atoms with Gasteiger partial charge in [0.1, 0.15) is 6.04 Å². The maximum Gasteiger partial charge on any atom is 0.251 e. The Morgan fingerprint density at radius 3 is 2.55 bits per heavy atom. The maximum absolute atomic E-state index is 12.5. The van der Waals surface area contributed by atoms with Crippen molar-refractivity contribution in [2.45, 2.75) is 50.7 Å². The highest BCUT2D eigenvalue weighted by molar-refractivity contribution is 5.97. The summed E-state index contributed by atoms with van der Waals surface area (Å²) in [5.41, 5.74) is 0.387. The third kappa shape index (κ3) is 4.99. The van der Waals surface area contributed by atoms with Crippen LogP contribution in [-0.2, 0) is 9.59 Å². The van der Waals surface area contributed by atoms with Crippen molar-refractivity contribution in [2.24, 2.45) is 0 Å². The molecular formula is C21H29N3O5. The van der Waals surface area contributed by atoms with Crippen LogP contribution in [-0.4, -0.2) is 62.0 Å². The van der Waals surface area contributed by atoms with Gasteiger partial charge in [0.25, 0.3) is 5.91 Å². The van der Waals surface area contributed by atoms with Gasteiger partial charge in [-0.05, 0) is 56.7 Å². The van der Waals surface area contributed by atoms with Crippen molar-refractivity contribution >= 4 is 17.7 Å². The minimum absolute atomic E-state index is 0.158. The van der Waals surface area contributed by atoms with Gasteiger partial charge in [0.05, 0.1) is 19.8 Å². The van der Waals surface area contributed by atoms with Gasteiger partial charge in [0, 0.05) is 19.2 Å². The lowest BCUT2D eigenvalue weighted by atomic mass is 10.1. The van der Waals surface area contributed by atoms with Gasteiger partial charge < -0.3 is 25.0 Å². The lowest BCUT2D eigenvalue weighted by Gasteiger charge is -2.23. The monoisotopic (exact) mass is 403 g/mol. The van der Waals surface area contributed by atoms with Gasteiger partial charge in [-0.15, -0.1) is 0 Å². The molecule has 8 heteroatoms. The van der Waals surface area contributed by atoms with Crippen molar-refractivity contribution in [3.63, 3.8) is 0 Å². The van der Waals surface area contributed by atoms with Crippen molar-refractivity contribution < 1.29 is 23.9 Å².